The first-order chi connectivity index (χ1) is 8.80. The molecule has 0 saturated heterocycles. The van der Waals surface area contributed by atoms with E-state index in [0.29, 0.717) is 22.8 Å². The number of hydrogen-bond acceptors (Lipinski definition) is 4. The molecule has 4 nitrogen and oxygen atoms in total. The number of benzene rings is 1. The van der Waals surface area contributed by atoms with E-state index in [0.717, 1.165) is 12.8 Å². The molecule has 0 radical (unpaired) electrons. The lowest BCUT2D eigenvalue weighted by Crippen LogP contribution is -2.13. The van der Waals surface area contributed by atoms with Crippen molar-refractivity contribution in [3.8, 4) is 23.3 Å². The van der Waals surface area contributed by atoms with Crippen molar-refractivity contribution in [2.24, 2.45) is 0 Å². The summed E-state index contributed by atoms with van der Waals surface area (Å²) in [6.45, 7) is 0. The average molecular weight is 247 g/mol. The van der Waals surface area contributed by atoms with Gasteiger partial charge in [-0.3, -0.25) is 0 Å². The lowest BCUT2D eigenvalue weighted by atomic mass is 10.2. The van der Waals surface area contributed by atoms with Crippen molar-refractivity contribution in [2.75, 3.05) is 14.2 Å². The highest BCUT2D eigenvalue weighted by Crippen LogP contribution is 2.41. The third kappa shape index (κ3) is 2.35. The zero-order valence-corrected chi connectivity index (χ0v) is 10.7. The van der Waals surface area contributed by atoms with Crippen molar-refractivity contribution in [2.45, 2.75) is 31.8 Å². The van der Waals surface area contributed by atoms with Crippen LogP contribution in [0.5, 0.6) is 17.2 Å². The molecular weight excluding hydrogens is 230 g/mol. The SMILES string of the molecule is COc1ccc(C#N)c(OC2CCCC2)c1OC. The molecule has 96 valence electrons. The Morgan fingerprint density at radius 2 is 1.83 bits per heavy atom. The standard InChI is InChI=1S/C14H17NO3/c1-16-12-8-7-10(9-15)13(14(12)17-2)18-11-5-3-4-6-11/h7-8,11H,3-6H2,1-2H3. The van der Waals surface area contributed by atoms with Crippen LogP contribution in [0, 0.1) is 11.3 Å². The van der Waals surface area contributed by atoms with Crippen LogP contribution in [0.1, 0.15) is 31.2 Å². The third-order valence-corrected chi connectivity index (χ3v) is 3.21. The van der Waals surface area contributed by atoms with E-state index in [1.54, 1.807) is 26.4 Å². The largest absolute Gasteiger partial charge is 0.493 e. The van der Waals surface area contributed by atoms with Crippen molar-refractivity contribution in [3.05, 3.63) is 17.7 Å². The van der Waals surface area contributed by atoms with Gasteiger partial charge in [-0.05, 0) is 37.8 Å². The highest BCUT2D eigenvalue weighted by Gasteiger charge is 2.22. The average Bonchev–Trinajstić information content (AvgIpc) is 2.91. The van der Waals surface area contributed by atoms with Crippen LogP contribution in [0.15, 0.2) is 12.1 Å². The Kier molecular flexibility index (Phi) is 3.93. The molecule has 1 saturated carbocycles. The Hall–Kier alpha value is -1.89. The number of ether oxygens (including phenoxy) is 3. The number of nitriles is 1. The third-order valence-electron chi connectivity index (χ3n) is 3.21. The van der Waals surface area contributed by atoms with Crippen LogP contribution >= 0.6 is 0 Å². The van der Waals surface area contributed by atoms with E-state index in [2.05, 4.69) is 6.07 Å². The molecule has 0 aliphatic heterocycles. The van der Waals surface area contributed by atoms with Gasteiger partial charge in [0, 0.05) is 0 Å². The fourth-order valence-corrected chi connectivity index (χ4v) is 2.28. The van der Waals surface area contributed by atoms with Gasteiger partial charge in [-0.2, -0.15) is 5.26 Å². The first kappa shape index (κ1) is 12.6. The molecule has 0 amide bonds. The van der Waals surface area contributed by atoms with Crippen LogP contribution in [0.25, 0.3) is 0 Å². The van der Waals surface area contributed by atoms with Gasteiger partial charge in [-0.25, -0.2) is 0 Å². The summed E-state index contributed by atoms with van der Waals surface area (Å²) in [6, 6.07) is 5.56. The molecule has 1 aliphatic rings. The fraction of sp³-hybridized carbons (Fsp3) is 0.500. The quantitative estimate of drug-likeness (QED) is 0.820. The van der Waals surface area contributed by atoms with Gasteiger partial charge in [-0.15, -0.1) is 0 Å². The molecule has 0 unspecified atom stereocenters. The van der Waals surface area contributed by atoms with E-state index in [1.165, 1.54) is 12.8 Å². The second kappa shape index (κ2) is 5.63. The number of nitrogens with zero attached hydrogens (tertiary/aromatic N) is 1. The van der Waals surface area contributed by atoms with Crippen molar-refractivity contribution in [1.29, 1.82) is 5.26 Å². The van der Waals surface area contributed by atoms with E-state index in [4.69, 9.17) is 19.5 Å². The maximum absolute atomic E-state index is 9.15. The van der Waals surface area contributed by atoms with E-state index < -0.39 is 0 Å². The Morgan fingerprint density at radius 3 is 2.39 bits per heavy atom. The van der Waals surface area contributed by atoms with Crippen LogP contribution in [0.2, 0.25) is 0 Å². The number of hydrogen-bond donors (Lipinski definition) is 0. The highest BCUT2D eigenvalue weighted by molar-refractivity contribution is 5.59. The Morgan fingerprint density at radius 1 is 1.11 bits per heavy atom. The minimum atomic E-state index is 0.179. The monoisotopic (exact) mass is 247 g/mol. The number of methoxy groups -OCH3 is 2. The zero-order valence-electron chi connectivity index (χ0n) is 10.7. The van der Waals surface area contributed by atoms with Gasteiger partial charge >= 0.3 is 0 Å². The Balaban J connectivity index is 2.37. The molecule has 4 heteroatoms. The van der Waals surface area contributed by atoms with Crippen molar-refractivity contribution in [3.63, 3.8) is 0 Å². The van der Waals surface area contributed by atoms with E-state index in [9.17, 15) is 0 Å². The minimum Gasteiger partial charge on any atom is -0.493 e. The van der Waals surface area contributed by atoms with Gasteiger partial charge in [0.05, 0.1) is 25.9 Å². The van der Waals surface area contributed by atoms with E-state index in [-0.39, 0.29) is 6.10 Å². The predicted octanol–water partition coefficient (Wildman–Crippen LogP) is 2.90. The summed E-state index contributed by atoms with van der Waals surface area (Å²) < 4.78 is 16.5. The molecule has 0 spiro atoms. The molecule has 1 aromatic rings. The normalized spacial score (nSPS) is 15.2. The molecule has 0 atom stereocenters. The molecule has 0 bridgehead atoms. The van der Waals surface area contributed by atoms with E-state index >= 15 is 0 Å². The molecule has 0 aromatic heterocycles. The smallest absolute Gasteiger partial charge is 0.204 e. The first-order valence-corrected chi connectivity index (χ1v) is 6.12. The lowest BCUT2D eigenvalue weighted by molar-refractivity contribution is 0.198. The fourth-order valence-electron chi connectivity index (χ4n) is 2.28. The maximum Gasteiger partial charge on any atom is 0.204 e. The van der Waals surface area contributed by atoms with Gasteiger partial charge in [-0.1, -0.05) is 0 Å². The summed E-state index contributed by atoms with van der Waals surface area (Å²) in [5.74, 6) is 1.60. The van der Waals surface area contributed by atoms with E-state index in [1.807, 2.05) is 0 Å². The molecule has 1 aromatic carbocycles. The minimum absolute atomic E-state index is 0.179. The highest BCUT2D eigenvalue weighted by atomic mass is 16.5. The van der Waals surface area contributed by atoms with Gasteiger partial charge in [0.1, 0.15) is 6.07 Å². The van der Waals surface area contributed by atoms with Gasteiger partial charge in [0.25, 0.3) is 0 Å². The second-order valence-electron chi connectivity index (χ2n) is 4.31. The van der Waals surface area contributed by atoms with Crippen molar-refractivity contribution < 1.29 is 14.2 Å². The molecular formula is C14H17NO3. The summed E-state index contributed by atoms with van der Waals surface area (Å²) in [6.07, 6.45) is 4.60. The summed E-state index contributed by atoms with van der Waals surface area (Å²) in [5.41, 5.74) is 0.486. The maximum atomic E-state index is 9.15. The van der Waals surface area contributed by atoms with Crippen molar-refractivity contribution in [1.82, 2.24) is 0 Å². The first-order valence-electron chi connectivity index (χ1n) is 6.12. The molecule has 1 fully saturated rings. The molecule has 0 N–H and O–H groups in total. The summed E-state index contributed by atoms with van der Waals surface area (Å²) in [7, 11) is 3.13. The number of rotatable bonds is 4. The molecule has 0 heterocycles. The second-order valence-corrected chi connectivity index (χ2v) is 4.31. The Bertz CT molecular complexity index is 459. The summed E-state index contributed by atoms with van der Waals surface area (Å²) in [4.78, 5) is 0. The van der Waals surface area contributed by atoms with Crippen LogP contribution in [0.3, 0.4) is 0 Å². The van der Waals surface area contributed by atoms with Gasteiger partial charge < -0.3 is 14.2 Å². The molecule has 2 rings (SSSR count). The van der Waals surface area contributed by atoms with Gasteiger partial charge in [0.2, 0.25) is 5.75 Å². The topological polar surface area (TPSA) is 51.5 Å². The van der Waals surface area contributed by atoms with Crippen LogP contribution in [-0.4, -0.2) is 20.3 Å². The van der Waals surface area contributed by atoms with Gasteiger partial charge in [0.15, 0.2) is 11.5 Å². The zero-order chi connectivity index (χ0) is 13.0. The summed E-state index contributed by atoms with van der Waals surface area (Å²) in [5, 5.41) is 9.15. The van der Waals surface area contributed by atoms with Crippen LogP contribution in [-0.2, 0) is 0 Å². The predicted molar refractivity (Wildman–Crippen MR) is 67.1 cm³/mol. The van der Waals surface area contributed by atoms with Crippen LogP contribution < -0.4 is 14.2 Å². The van der Waals surface area contributed by atoms with Crippen LogP contribution in [0.4, 0.5) is 0 Å². The lowest BCUT2D eigenvalue weighted by Gasteiger charge is -2.18. The Labute approximate surface area is 107 Å². The molecule has 18 heavy (non-hydrogen) atoms. The summed E-state index contributed by atoms with van der Waals surface area (Å²) >= 11 is 0. The molecule has 1 aliphatic carbocycles. The van der Waals surface area contributed by atoms with Crippen molar-refractivity contribution >= 4 is 0 Å².